The molecule has 0 aliphatic carbocycles. The van der Waals surface area contributed by atoms with Gasteiger partial charge in [-0.15, -0.1) is 0 Å². The zero-order valence-corrected chi connectivity index (χ0v) is 18.0. The van der Waals surface area contributed by atoms with E-state index < -0.39 is 0 Å². The third kappa shape index (κ3) is 5.90. The molecule has 0 aliphatic heterocycles. The molecular weight excluding hydrogens is 354 g/mol. The number of hydrogen-bond acceptors (Lipinski definition) is 4. The average Bonchev–Trinajstić information content (AvgIpc) is 3.01. The van der Waals surface area contributed by atoms with Gasteiger partial charge in [0.25, 0.3) is 0 Å². The lowest BCUT2D eigenvalue weighted by molar-refractivity contribution is 0.382. The molecule has 0 aliphatic rings. The van der Waals surface area contributed by atoms with E-state index >= 15 is 0 Å². The van der Waals surface area contributed by atoms with Crippen LogP contribution in [0.5, 0.6) is 11.5 Å². The predicted molar refractivity (Wildman–Crippen MR) is 113 cm³/mol. The molecule has 0 unspecified atom stereocenters. The van der Waals surface area contributed by atoms with Crippen molar-refractivity contribution in [3.63, 3.8) is 0 Å². The molecule has 154 valence electrons. The smallest absolute Gasteiger partial charge is 0.193 e. The van der Waals surface area contributed by atoms with Crippen LogP contribution < -0.4 is 14.8 Å². The monoisotopic (exact) mass is 387 g/mol. The number of guanidine groups is 1. The second-order valence-electron chi connectivity index (χ2n) is 6.77. The van der Waals surface area contributed by atoms with Gasteiger partial charge in [0.15, 0.2) is 5.96 Å². The predicted octanol–water partition coefficient (Wildman–Crippen LogP) is 3.00. The number of rotatable bonds is 9. The van der Waals surface area contributed by atoms with Crippen molar-refractivity contribution in [3.05, 3.63) is 41.2 Å². The highest BCUT2D eigenvalue weighted by atomic mass is 16.5. The topological polar surface area (TPSA) is 63.9 Å². The lowest BCUT2D eigenvalue weighted by Gasteiger charge is -2.23. The van der Waals surface area contributed by atoms with Crippen molar-refractivity contribution in [1.29, 1.82) is 0 Å². The Morgan fingerprint density at radius 2 is 2.00 bits per heavy atom. The summed E-state index contributed by atoms with van der Waals surface area (Å²) in [5.41, 5.74) is 3.33. The minimum atomic E-state index is 0.691. The Hall–Kier alpha value is -2.70. The highest BCUT2D eigenvalue weighted by Crippen LogP contribution is 2.25. The summed E-state index contributed by atoms with van der Waals surface area (Å²) < 4.78 is 12.8. The molecule has 28 heavy (non-hydrogen) atoms. The molecule has 0 bridgehead atoms. The second-order valence-corrected chi connectivity index (χ2v) is 6.77. The van der Waals surface area contributed by atoms with Gasteiger partial charge in [-0.3, -0.25) is 9.67 Å². The number of nitrogens with zero attached hydrogens (tertiary/aromatic N) is 4. The average molecular weight is 388 g/mol. The van der Waals surface area contributed by atoms with E-state index in [2.05, 4.69) is 35.2 Å². The van der Waals surface area contributed by atoms with Crippen molar-refractivity contribution >= 4 is 5.96 Å². The maximum absolute atomic E-state index is 5.51. The minimum absolute atomic E-state index is 0.691. The van der Waals surface area contributed by atoms with Crippen molar-refractivity contribution in [3.8, 4) is 11.5 Å². The second kappa shape index (κ2) is 10.6. The lowest BCUT2D eigenvalue weighted by Crippen LogP contribution is -2.38. The van der Waals surface area contributed by atoms with Crippen LogP contribution in [0.15, 0.2) is 29.3 Å². The number of benzene rings is 1. The Labute approximate surface area is 168 Å². The van der Waals surface area contributed by atoms with Gasteiger partial charge in [-0.2, -0.15) is 5.10 Å². The summed E-state index contributed by atoms with van der Waals surface area (Å²) in [4.78, 5) is 6.88. The lowest BCUT2D eigenvalue weighted by atomic mass is 10.2. The number of methoxy groups -OCH3 is 2. The standard InChI is InChI=1S/C21H33N5O2/c1-7-22-21(23-11-8-12-26-17(3)13-16(2)24-26)25(4)15-18-9-10-19(27-5)14-20(18)28-6/h9-10,13-14H,7-8,11-12,15H2,1-6H3,(H,22,23). The molecule has 0 saturated heterocycles. The van der Waals surface area contributed by atoms with E-state index in [1.165, 1.54) is 5.69 Å². The van der Waals surface area contributed by atoms with Gasteiger partial charge in [0.2, 0.25) is 0 Å². The van der Waals surface area contributed by atoms with Crippen molar-refractivity contribution in [2.75, 3.05) is 34.4 Å². The van der Waals surface area contributed by atoms with Crippen LogP contribution in [-0.2, 0) is 13.1 Å². The quantitative estimate of drug-likeness (QED) is 0.407. The first-order valence-corrected chi connectivity index (χ1v) is 9.69. The molecule has 0 saturated carbocycles. The first-order valence-electron chi connectivity index (χ1n) is 9.69. The van der Waals surface area contributed by atoms with E-state index in [1.807, 2.05) is 36.9 Å². The SMILES string of the molecule is CCNC(=NCCCn1nc(C)cc1C)N(C)Cc1ccc(OC)cc1OC. The highest BCUT2D eigenvalue weighted by molar-refractivity contribution is 5.79. The van der Waals surface area contributed by atoms with Crippen LogP contribution in [0, 0.1) is 13.8 Å². The molecule has 1 aromatic heterocycles. The normalized spacial score (nSPS) is 11.4. The van der Waals surface area contributed by atoms with Crippen molar-refractivity contribution < 1.29 is 9.47 Å². The van der Waals surface area contributed by atoms with Crippen LogP contribution in [0.1, 0.15) is 30.3 Å². The van der Waals surface area contributed by atoms with Gasteiger partial charge < -0.3 is 19.7 Å². The Morgan fingerprint density at radius 1 is 1.21 bits per heavy atom. The van der Waals surface area contributed by atoms with Gasteiger partial charge in [-0.1, -0.05) is 0 Å². The zero-order chi connectivity index (χ0) is 20.5. The first kappa shape index (κ1) is 21.6. The molecule has 2 aromatic rings. The van der Waals surface area contributed by atoms with E-state index in [4.69, 9.17) is 14.5 Å². The summed E-state index contributed by atoms with van der Waals surface area (Å²) in [5.74, 6) is 2.48. The number of nitrogens with one attached hydrogen (secondary N) is 1. The summed E-state index contributed by atoms with van der Waals surface area (Å²) in [7, 11) is 5.37. The first-order chi connectivity index (χ1) is 13.5. The van der Waals surface area contributed by atoms with Crippen molar-refractivity contribution in [2.45, 2.75) is 40.3 Å². The molecule has 7 nitrogen and oxygen atoms in total. The zero-order valence-electron chi connectivity index (χ0n) is 18.0. The summed E-state index contributed by atoms with van der Waals surface area (Å²) in [5, 5.41) is 7.87. The Bertz CT molecular complexity index is 785. The molecule has 1 heterocycles. The summed E-state index contributed by atoms with van der Waals surface area (Å²) >= 11 is 0. The molecule has 0 fully saturated rings. The molecule has 0 amide bonds. The van der Waals surface area contributed by atoms with Gasteiger partial charge >= 0.3 is 0 Å². The fraction of sp³-hybridized carbons (Fsp3) is 0.524. The number of aryl methyl sites for hydroxylation is 3. The van der Waals surface area contributed by atoms with Gasteiger partial charge in [0, 0.05) is 50.6 Å². The van der Waals surface area contributed by atoms with Gasteiger partial charge in [0.05, 0.1) is 19.9 Å². The summed E-state index contributed by atoms with van der Waals surface area (Å²) in [6.07, 6.45) is 0.941. The van der Waals surface area contributed by atoms with Crippen LogP contribution in [0.3, 0.4) is 0 Å². The fourth-order valence-electron chi connectivity index (χ4n) is 3.09. The van der Waals surface area contributed by atoms with Gasteiger partial charge in [-0.05, 0) is 45.4 Å². The van der Waals surface area contributed by atoms with Crippen LogP contribution in [0.4, 0.5) is 0 Å². The molecule has 0 spiro atoms. The minimum Gasteiger partial charge on any atom is -0.497 e. The maximum atomic E-state index is 5.51. The Balaban J connectivity index is 1.99. The van der Waals surface area contributed by atoms with Crippen LogP contribution in [-0.4, -0.2) is 55.0 Å². The molecule has 1 N–H and O–H groups in total. The van der Waals surface area contributed by atoms with E-state index in [9.17, 15) is 0 Å². The van der Waals surface area contributed by atoms with Crippen LogP contribution in [0.25, 0.3) is 0 Å². The van der Waals surface area contributed by atoms with E-state index in [-0.39, 0.29) is 0 Å². The van der Waals surface area contributed by atoms with Crippen LogP contribution >= 0.6 is 0 Å². The van der Waals surface area contributed by atoms with Crippen molar-refractivity contribution in [2.24, 2.45) is 4.99 Å². The fourth-order valence-corrected chi connectivity index (χ4v) is 3.09. The summed E-state index contributed by atoms with van der Waals surface area (Å²) in [6.45, 7) is 9.31. The number of aliphatic imine (C=N–C) groups is 1. The maximum Gasteiger partial charge on any atom is 0.193 e. The highest BCUT2D eigenvalue weighted by Gasteiger charge is 2.11. The molecule has 0 atom stereocenters. The van der Waals surface area contributed by atoms with E-state index in [0.717, 1.165) is 54.8 Å². The molecule has 7 heteroatoms. The number of ether oxygens (including phenoxy) is 2. The Morgan fingerprint density at radius 3 is 2.61 bits per heavy atom. The van der Waals surface area contributed by atoms with E-state index in [1.54, 1.807) is 14.2 Å². The molecular formula is C21H33N5O2. The van der Waals surface area contributed by atoms with E-state index in [0.29, 0.717) is 6.54 Å². The van der Waals surface area contributed by atoms with Crippen molar-refractivity contribution in [1.82, 2.24) is 20.0 Å². The molecule has 0 radical (unpaired) electrons. The summed E-state index contributed by atoms with van der Waals surface area (Å²) in [6, 6.07) is 7.98. The molecule has 2 rings (SSSR count). The van der Waals surface area contributed by atoms with Gasteiger partial charge in [0.1, 0.15) is 11.5 Å². The van der Waals surface area contributed by atoms with Crippen LogP contribution in [0.2, 0.25) is 0 Å². The number of aromatic nitrogens is 2. The van der Waals surface area contributed by atoms with Gasteiger partial charge in [-0.25, -0.2) is 0 Å². The number of hydrogen-bond donors (Lipinski definition) is 1. The third-order valence-electron chi connectivity index (χ3n) is 4.49. The Kier molecular flexibility index (Phi) is 8.17. The molecule has 1 aromatic carbocycles. The third-order valence-corrected chi connectivity index (χ3v) is 4.49. The largest absolute Gasteiger partial charge is 0.497 e.